The van der Waals surface area contributed by atoms with E-state index in [0.29, 0.717) is 17.7 Å². The number of aliphatic hydroxyl groups excluding tert-OH is 1. The molecule has 1 aliphatic carbocycles. The van der Waals surface area contributed by atoms with Gasteiger partial charge in [0.05, 0.1) is 5.88 Å². The lowest BCUT2D eigenvalue weighted by atomic mass is 10.1. The van der Waals surface area contributed by atoms with Crippen LogP contribution in [0.3, 0.4) is 0 Å². The van der Waals surface area contributed by atoms with Gasteiger partial charge in [-0.2, -0.15) is 0 Å². The van der Waals surface area contributed by atoms with Gasteiger partial charge in [-0.3, -0.25) is 0 Å². The van der Waals surface area contributed by atoms with Crippen molar-refractivity contribution in [2.75, 3.05) is 5.88 Å². The normalized spacial score (nSPS) is 23.0. The third kappa shape index (κ3) is 6.02. The van der Waals surface area contributed by atoms with Gasteiger partial charge >= 0.3 is 0 Å². The van der Waals surface area contributed by atoms with Gasteiger partial charge in [-0.1, -0.05) is 31.6 Å². The van der Waals surface area contributed by atoms with Crippen LogP contribution in [0, 0.1) is 35.5 Å². The number of hydrogen-bond donors (Lipinski definition) is 1. The summed E-state index contributed by atoms with van der Waals surface area (Å²) in [4.78, 5) is 0. The van der Waals surface area contributed by atoms with Gasteiger partial charge in [-0.05, 0) is 18.8 Å². The van der Waals surface area contributed by atoms with Crippen LogP contribution in [-0.2, 0) is 0 Å². The first-order chi connectivity index (χ1) is 8.29. The number of unbranched alkanes of at least 4 members (excludes halogenated alkanes) is 3. The van der Waals surface area contributed by atoms with E-state index < -0.39 is 6.10 Å². The van der Waals surface area contributed by atoms with Gasteiger partial charge < -0.3 is 5.11 Å². The van der Waals surface area contributed by atoms with Gasteiger partial charge in [0, 0.05) is 18.8 Å². The van der Waals surface area contributed by atoms with E-state index >= 15 is 0 Å². The number of rotatable bonds is 5. The number of alkyl halides is 1. The molecule has 0 aliphatic heterocycles. The minimum Gasteiger partial charge on any atom is -0.380 e. The Bertz CT molecular complexity index is 328. The van der Waals surface area contributed by atoms with Crippen molar-refractivity contribution in [2.45, 2.75) is 51.6 Å². The summed E-state index contributed by atoms with van der Waals surface area (Å²) in [5.74, 6) is 13.1. The summed E-state index contributed by atoms with van der Waals surface area (Å²) < 4.78 is 0. The van der Waals surface area contributed by atoms with Crippen LogP contribution in [0.5, 0.6) is 0 Å². The van der Waals surface area contributed by atoms with Crippen LogP contribution >= 0.6 is 11.6 Å². The first-order valence-electron chi connectivity index (χ1n) is 6.47. The van der Waals surface area contributed by atoms with Crippen molar-refractivity contribution in [1.82, 2.24) is 0 Å². The van der Waals surface area contributed by atoms with Crippen molar-refractivity contribution < 1.29 is 5.11 Å². The zero-order valence-corrected chi connectivity index (χ0v) is 11.3. The largest absolute Gasteiger partial charge is 0.380 e. The molecule has 3 atom stereocenters. The zero-order valence-electron chi connectivity index (χ0n) is 10.5. The molecule has 17 heavy (non-hydrogen) atoms. The van der Waals surface area contributed by atoms with E-state index in [2.05, 4.69) is 30.6 Å². The molecule has 1 saturated carbocycles. The van der Waals surface area contributed by atoms with Crippen LogP contribution in [0.25, 0.3) is 0 Å². The number of hydrogen-bond acceptors (Lipinski definition) is 1. The topological polar surface area (TPSA) is 20.2 Å². The highest BCUT2D eigenvalue weighted by Crippen LogP contribution is 2.43. The molecule has 0 aromatic heterocycles. The SMILES string of the molecule is CCCCCC#CC[C@H]1C[C@H]1[C@@H](O)C#CCCl. The lowest BCUT2D eigenvalue weighted by Crippen LogP contribution is -2.07. The maximum absolute atomic E-state index is 9.68. The second kappa shape index (κ2) is 8.46. The molecule has 2 heteroatoms. The van der Waals surface area contributed by atoms with Crippen LogP contribution in [0.1, 0.15) is 45.4 Å². The third-order valence-electron chi connectivity index (χ3n) is 3.09. The summed E-state index contributed by atoms with van der Waals surface area (Å²) in [5, 5.41) is 9.68. The van der Waals surface area contributed by atoms with Crippen molar-refractivity contribution >= 4 is 11.6 Å². The summed E-state index contributed by atoms with van der Waals surface area (Å²) in [5.41, 5.74) is 0. The minimum atomic E-state index is -0.499. The van der Waals surface area contributed by atoms with Gasteiger partial charge in [0.2, 0.25) is 0 Å². The molecule has 0 aromatic rings. The molecule has 1 fully saturated rings. The fourth-order valence-electron chi connectivity index (χ4n) is 1.90. The monoisotopic (exact) mass is 252 g/mol. The number of halogens is 1. The van der Waals surface area contributed by atoms with Crippen molar-refractivity contribution in [3.05, 3.63) is 0 Å². The van der Waals surface area contributed by atoms with Crippen LogP contribution in [-0.4, -0.2) is 17.1 Å². The summed E-state index contributed by atoms with van der Waals surface area (Å²) in [7, 11) is 0. The first kappa shape index (κ1) is 14.4. The molecule has 0 spiro atoms. The maximum atomic E-state index is 9.68. The van der Waals surface area contributed by atoms with Crippen LogP contribution in [0.2, 0.25) is 0 Å². The Hall–Kier alpha value is -0.630. The Morgan fingerprint density at radius 1 is 1.29 bits per heavy atom. The Morgan fingerprint density at radius 3 is 2.82 bits per heavy atom. The quantitative estimate of drug-likeness (QED) is 0.453. The molecule has 0 unspecified atom stereocenters. The van der Waals surface area contributed by atoms with E-state index in [1.165, 1.54) is 19.3 Å². The number of aliphatic hydroxyl groups is 1. The molecule has 0 aromatic carbocycles. The Labute approximate surface area is 110 Å². The second-order valence-corrected chi connectivity index (χ2v) is 4.84. The molecule has 1 N–H and O–H groups in total. The van der Waals surface area contributed by atoms with Crippen molar-refractivity contribution in [2.24, 2.45) is 11.8 Å². The van der Waals surface area contributed by atoms with E-state index in [1.807, 2.05) is 0 Å². The van der Waals surface area contributed by atoms with Gasteiger partial charge in [-0.15, -0.1) is 23.4 Å². The van der Waals surface area contributed by atoms with E-state index in [4.69, 9.17) is 11.6 Å². The summed E-state index contributed by atoms with van der Waals surface area (Å²) in [6, 6.07) is 0. The van der Waals surface area contributed by atoms with Gasteiger partial charge in [0.25, 0.3) is 0 Å². The fraction of sp³-hybridized carbons (Fsp3) is 0.733. The van der Waals surface area contributed by atoms with Crippen molar-refractivity contribution in [3.63, 3.8) is 0 Å². The highest BCUT2D eigenvalue weighted by molar-refractivity contribution is 6.19. The van der Waals surface area contributed by atoms with E-state index in [9.17, 15) is 5.11 Å². The molecule has 1 nitrogen and oxygen atoms in total. The predicted octanol–water partition coefficient (Wildman–Crippen LogP) is 3.20. The van der Waals surface area contributed by atoms with Gasteiger partial charge in [-0.25, -0.2) is 0 Å². The molecule has 94 valence electrons. The highest BCUT2D eigenvalue weighted by atomic mass is 35.5. The second-order valence-electron chi connectivity index (χ2n) is 4.57. The Kier molecular flexibility index (Phi) is 7.18. The van der Waals surface area contributed by atoms with Crippen LogP contribution in [0.15, 0.2) is 0 Å². The third-order valence-corrected chi connectivity index (χ3v) is 3.23. The molecule has 0 radical (unpaired) electrons. The predicted molar refractivity (Wildman–Crippen MR) is 72.6 cm³/mol. The standard InChI is InChI=1S/C15H21ClO/c1-2-3-4-5-6-7-9-13-12-14(13)15(17)10-8-11-16/h13-15,17H,2-5,9,11-12H2,1H3/t13-,14+,15-/m0/s1. The molecule has 0 heterocycles. The molecule has 0 bridgehead atoms. The van der Waals surface area contributed by atoms with Gasteiger partial charge in [0.15, 0.2) is 0 Å². The van der Waals surface area contributed by atoms with Crippen molar-refractivity contribution in [1.29, 1.82) is 0 Å². The Balaban J connectivity index is 2.11. The van der Waals surface area contributed by atoms with E-state index in [1.54, 1.807) is 0 Å². The van der Waals surface area contributed by atoms with E-state index in [0.717, 1.165) is 19.3 Å². The smallest absolute Gasteiger partial charge is 0.117 e. The molecule has 1 aliphatic rings. The highest BCUT2D eigenvalue weighted by Gasteiger charge is 2.40. The van der Waals surface area contributed by atoms with Crippen LogP contribution < -0.4 is 0 Å². The summed E-state index contributed by atoms with van der Waals surface area (Å²) in [6.07, 6.45) is 6.21. The van der Waals surface area contributed by atoms with Crippen LogP contribution in [0.4, 0.5) is 0 Å². The molecule has 0 saturated heterocycles. The van der Waals surface area contributed by atoms with E-state index in [-0.39, 0.29) is 0 Å². The maximum Gasteiger partial charge on any atom is 0.117 e. The lowest BCUT2D eigenvalue weighted by Gasteiger charge is -1.99. The minimum absolute atomic E-state index is 0.297. The molecule has 1 rings (SSSR count). The zero-order chi connectivity index (χ0) is 12.5. The van der Waals surface area contributed by atoms with Gasteiger partial charge in [0.1, 0.15) is 6.10 Å². The molecular formula is C15H21ClO. The fourth-order valence-corrected chi connectivity index (χ4v) is 1.97. The average Bonchev–Trinajstić information content (AvgIpc) is 3.10. The average molecular weight is 253 g/mol. The van der Waals surface area contributed by atoms with Crippen molar-refractivity contribution in [3.8, 4) is 23.7 Å². The summed E-state index contributed by atoms with van der Waals surface area (Å²) >= 11 is 5.44. The summed E-state index contributed by atoms with van der Waals surface area (Å²) in [6.45, 7) is 2.20. The Morgan fingerprint density at radius 2 is 2.12 bits per heavy atom. The molecular weight excluding hydrogens is 232 g/mol. The molecule has 0 amide bonds. The first-order valence-corrected chi connectivity index (χ1v) is 7.01. The lowest BCUT2D eigenvalue weighted by molar-refractivity contribution is 0.202.